The minimum atomic E-state index is -0.998. The van der Waals surface area contributed by atoms with Gasteiger partial charge in [0.05, 0.1) is 11.1 Å². The summed E-state index contributed by atoms with van der Waals surface area (Å²) in [6.45, 7) is 4.97. The Morgan fingerprint density at radius 2 is 1.55 bits per heavy atom. The predicted molar refractivity (Wildman–Crippen MR) is 114 cm³/mol. The normalized spacial score (nSPS) is 18.5. The second kappa shape index (κ2) is 7.65. The molecule has 160 valence electrons. The first-order valence-corrected chi connectivity index (χ1v) is 10.3. The lowest BCUT2D eigenvalue weighted by atomic mass is 10.1. The number of carbonyl (C=O) groups excluding carboxylic acids is 4. The lowest BCUT2D eigenvalue weighted by molar-refractivity contribution is -0.153. The summed E-state index contributed by atoms with van der Waals surface area (Å²) in [5, 5.41) is 0. The Morgan fingerprint density at radius 3 is 2.16 bits per heavy atom. The molecule has 1 atom stereocenters. The van der Waals surface area contributed by atoms with E-state index in [1.54, 1.807) is 57.2 Å². The van der Waals surface area contributed by atoms with Crippen LogP contribution in [0.1, 0.15) is 53.5 Å². The molecule has 31 heavy (non-hydrogen) atoms. The molecule has 1 unspecified atom stereocenters. The van der Waals surface area contributed by atoms with Gasteiger partial charge in [0.25, 0.3) is 17.7 Å². The standard InChI is InChI=1S/C24H24N2O5/c1-24(2,3)31-20(27)14-25-18-11-7-4-8-15(18)12-13-19(23(25)30)26-21(28)16-9-5-6-10-17(16)22(26)29/h4-11,19H,12-14H2,1-3H3. The second-order valence-electron chi connectivity index (χ2n) is 8.72. The first-order chi connectivity index (χ1) is 14.7. The maximum atomic E-state index is 13.6. The van der Waals surface area contributed by atoms with E-state index >= 15 is 0 Å². The third-order valence-electron chi connectivity index (χ3n) is 5.37. The van der Waals surface area contributed by atoms with Crippen LogP contribution in [-0.2, 0) is 20.7 Å². The molecule has 4 rings (SSSR count). The maximum Gasteiger partial charge on any atom is 0.326 e. The largest absolute Gasteiger partial charge is 0.459 e. The zero-order valence-corrected chi connectivity index (χ0v) is 17.8. The van der Waals surface area contributed by atoms with Gasteiger partial charge in [0.2, 0.25) is 0 Å². The van der Waals surface area contributed by atoms with Gasteiger partial charge in [-0.1, -0.05) is 30.3 Å². The van der Waals surface area contributed by atoms with E-state index in [-0.39, 0.29) is 13.0 Å². The van der Waals surface area contributed by atoms with Crippen LogP contribution < -0.4 is 4.90 Å². The first-order valence-electron chi connectivity index (χ1n) is 10.3. The van der Waals surface area contributed by atoms with E-state index in [2.05, 4.69) is 0 Å². The molecule has 7 nitrogen and oxygen atoms in total. The molecule has 0 aromatic heterocycles. The molecule has 0 saturated heterocycles. The minimum Gasteiger partial charge on any atom is -0.459 e. The van der Waals surface area contributed by atoms with Crippen LogP contribution in [0.15, 0.2) is 48.5 Å². The van der Waals surface area contributed by atoms with E-state index in [1.807, 2.05) is 12.1 Å². The molecule has 0 spiro atoms. The van der Waals surface area contributed by atoms with Gasteiger partial charge in [-0.15, -0.1) is 0 Å². The Bertz CT molecular complexity index is 1050. The van der Waals surface area contributed by atoms with Gasteiger partial charge in [-0.25, -0.2) is 0 Å². The number of esters is 1. The van der Waals surface area contributed by atoms with Crippen LogP contribution in [0.25, 0.3) is 0 Å². The Morgan fingerprint density at radius 1 is 0.968 bits per heavy atom. The number of fused-ring (bicyclic) bond motifs is 2. The Hall–Kier alpha value is -3.48. The fourth-order valence-electron chi connectivity index (χ4n) is 4.10. The molecule has 0 radical (unpaired) electrons. The molecule has 0 aliphatic carbocycles. The summed E-state index contributed by atoms with van der Waals surface area (Å²) in [6.07, 6.45) is 0.775. The number of carbonyl (C=O) groups is 4. The highest BCUT2D eigenvalue weighted by atomic mass is 16.6. The number of nitrogens with zero attached hydrogens (tertiary/aromatic N) is 2. The number of hydrogen-bond donors (Lipinski definition) is 0. The molecule has 2 aromatic carbocycles. The fourth-order valence-corrected chi connectivity index (χ4v) is 4.10. The molecule has 2 aliphatic heterocycles. The quantitative estimate of drug-likeness (QED) is 0.563. The summed E-state index contributed by atoms with van der Waals surface area (Å²) in [5.41, 5.74) is 1.35. The van der Waals surface area contributed by atoms with E-state index in [0.717, 1.165) is 10.5 Å². The molecule has 2 heterocycles. The van der Waals surface area contributed by atoms with Gasteiger partial charge in [0.1, 0.15) is 18.2 Å². The van der Waals surface area contributed by atoms with Crippen molar-refractivity contribution >= 4 is 29.4 Å². The van der Waals surface area contributed by atoms with E-state index in [4.69, 9.17) is 4.74 Å². The topological polar surface area (TPSA) is 84.0 Å². The van der Waals surface area contributed by atoms with Gasteiger partial charge in [-0.3, -0.25) is 29.0 Å². The number of rotatable bonds is 3. The van der Waals surface area contributed by atoms with Gasteiger partial charge < -0.3 is 4.74 Å². The third-order valence-corrected chi connectivity index (χ3v) is 5.37. The van der Waals surface area contributed by atoms with Crippen LogP contribution in [0, 0.1) is 0 Å². The minimum absolute atomic E-state index is 0.284. The van der Waals surface area contributed by atoms with E-state index in [9.17, 15) is 19.2 Å². The van der Waals surface area contributed by atoms with E-state index in [0.29, 0.717) is 23.2 Å². The molecule has 7 heteroatoms. The number of hydrogen-bond acceptors (Lipinski definition) is 5. The second-order valence-corrected chi connectivity index (χ2v) is 8.72. The van der Waals surface area contributed by atoms with Crippen molar-refractivity contribution in [2.75, 3.05) is 11.4 Å². The molecule has 0 fully saturated rings. The number of amides is 3. The molecule has 3 amide bonds. The van der Waals surface area contributed by atoms with Gasteiger partial charge in [0, 0.05) is 5.69 Å². The smallest absolute Gasteiger partial charge is 0.326 e. The van der Waals surface area contributed by atoms with Crippen molar-refractivity contribution in [1.29, 1.82) is 0 Å². The molecule has 0 bridgehead atoms. The van der Waals surface area contributed by atoms with Crippen molar-refractivity contribution in [3.8, 4) is 0 Å². The van der Waals surface area contributed by atoms with Crippen LogP contribution >= 0.6 is 0 Å². The molecule has 2 aliphatic rings. The van der Waals surface area contributed by atoms with Crippen molar-refractivity contribution in [1.82, 2.24) is 4.90 Å². The maximum absolute atomic E-state index is 13.6. The van der Waals surface area contributed by atoms with Gasteiger partial charge in [0.15, 0.2) is 0 Å². The molecule has 0 saturated carbocycles. The number of aryl methyl sites for hydroxylation is 1. The lowest BCUT2D eigenvalue weighted by Crippen LogP contribution is -2.52. The third kappa shape index (κ3) is 3.83. The van der Waals surface area contributed by atoms with Crippen LogP contribution in [0.2, 0.25) is 0 Å². The van der Waals surface area contributed by atoms with Crippen molar-refractivity contribution < 1.29 is 23.9 Å². The highest BCUT2D eigenvalue weighted by Gasteiger charge is 2.45. The van der Waals surface area contributed by atoms with E-state index in [1.165, 1.54) is 4.90 Å². The van der Waals surface area contributed by atoms with Crippen molar-refractivity contribution in [3.63, 3.8) is 0 Å². The van der Waals surface area contributed by atoms with Gasteiger partial charge >= 0.3 is 5.97 Å². The average molecular weight is 420 g/mol. The molecular formula is C24H24N2O5. The SMILES string of the molecule is CC(C)(C)OC(=O)CN1C(=O)C(N2C(=O)c3ccccc3C2=O)CCc2ccccc21. The summed E-state index contributed by atoms with van der Waals surface area (Å²) in [6, 6.07) is 12.8. The molecule has 0 N–H and O–H groups in total. The fraction of sp³-hybridized carbons (Fsp3) is 0.333. The Kier molecular flexibility index (Phi) is 5.13. The highest BCUT2D eigenvalue weighted by molar-refractivity contribution is 6.23. The number of para-hydroxylation sites is 1. The lowest BCUT2D eigenvalue weighted by Gasteiger charge is -2.30. The van der Waals surface area contributed by atoms with Crippen LogP contribution in [-0.4, -0.2) is 46.8 Å². The van der Waals surface area contributed by atoms with Gasteiger partial charge in [-0.05, 0) is 57.4 Å². The zero-order chi connectivity index (χ0) is 22.3. The molecule has 2 aromatic rings. The highest BCUT2D eigenvalue weighted by Crippen LogP contribution is 2.32. The van der Waals surface area contributed by atoms with Crippen molar-refractivity contribution in [3.05, 3.63) is 65.2 Å². The number of benzene rings is 2. The summed E-state index contributed by atoms with van der Waals surface area (Å²) < 4.78 is 5.42. The van der Waals surface area contributed by atoms with Crippen LogP contribution in [0.5, 0.6) is 0 Å². The average Bonchev–Trinajstić information content (AvgIpc) is 2.88. The zero-order valence-electron chi connectivity index (χ0n) is 17.8. The first kappa shape index (κ1) is 20.8. The summed E-state index contributed by atoms with van der Waals surface area (Å²) in [5.74, 6) is -1.99. The van der Waals surface area contributed by atoms with Crippen molar-refractivity contribution in [2.24, 2.45) is 0 Å². The number of anilines is 1. The monoisotopic (exact) mass is 420 g/mol. The summed E-state index contributed by atoms with van der Waals surface area (Å²) in [7, 11) is 0. The van der Waals surface area contributed by atoms with Crippen LogP contribution in [0.4, 0.5) is 5.69 Å². The predicted octanol–water partition coefficient (Wildman–Crippen LogP) is 2.97. The Labute approximate surface area is 180 Å². The van der Waals surface area contributed by atoms with E-state index < -0.39 is 35.3 Å². The van der Waals surface area contributed by atoms with Gasteiger partial charge in [-0.2, -0.15) is 0 Å². The molecular weight excluding hydrogens is 396 g/mol. The summed E-state index contributed by atoms with van der Waals surface area (Å²) >= 11 is 0. The Balaban J connectivity index is 1.69. The number of imide groups is 1. The van der Waals surface area contributed by atoms with Crippen molar-refractivity contribution in [2.45, 2.75) is 45.3 Å². The van der Waals surface area contributed by atoms with Crippen LogP contribution in [0.3, 0.4) is 0 Å². The summed E-state index contributed by atoms with van der Waals surface area (Å²) in [4.78, 5) is 54.5. The number of ether oxygens (including phenoxy) is 1.